The second kappa shape index (κ2) is 7.92. The monoisotopic (exact) mass is 368 g/mol. The molecule has 4 nitrogen and oxygen atoms in total. The van der Waals surface area contributed by atoms with Gasteiger partial charge in [0.2, 0.25) is 0 Å². The first kappa shape index (κ1) is 17.7. The van der Waals surface area contributed by atoms with Crippen molar-refractivity contribution >= 4 is 5.97 Å². The van der Waals surface area contributed by atoms with Crippen LogP contribution in [0.3, 0.4) is 0 Å². The number of nitrogens with zero attached hydrogens (tertiary/aromatic N) is 2. The largest absolute Gasteiger partial charge is 0.456 e. The lowest BCUT2D eigenvalue weighted by molar-refractivity contribution is 0.0462. The van der Waals surface area contributed by atoms with Gasteiger partial charge in [0.1, 0.15) is 6.61 Å². The van der Waals surface area contributed by atoms with E-state index in [4.69, 9.17) is 4.74 Å². The fourth-order valence-corrected chi connectivity index (χ4v) is 3.07. The van der Waals surface area contributed by atoms with Crippen LogP contribution in [0.25, 0.3) is 16.9 Å². The zero-order valence-corrected chi connectivity index (χ0v) is 15.6. The Morgan fingerprint density at radius 3 is 2.32 bits per heavy atom. The maximum absolute atomic E-state index is 12.9. The van der Waals surface area contributed by atoms with E-state index in [1.165, 1.54) is 0 Å². The molecular weight excluding hydrogens is 348 g/mol. The van der Waals surface area contributed by atoms with Crippen molar-refractivity contribution in [3.8, 4) is 16.9 Å². The number of hydrogen-bond donors (Lipinski definition) is 0. The summed E-state index contributed by atoms with van der Waals surface area (Å²) in [6.45, 7) is 2.24. The van der Waals surface area contributed by atoms with Crippen molar-refractivity contribution in [1.82, 2.24) is 9.78 Å². The molecule has 28 heavy (non-hydrogen) atoms. The molecule has 0 saturated heterocycles. The lowest BCUT2D eigenvalue weighted by atomic mass is 10.1. The van der Waals surface area contributed by atoms with Crippen molar-refractivity contribution in [3.63, 3.8) is 0 Å². The lowest BCUT2D eigenvalue weighted by Gasteiger charge is -2.08. The summed E-state index contributed by atoms with van der Waals surface area (Å²) in [6, 6.07) is 29.1. The predicted octanol–water partition coefficient (Wildman–Crippen LogP) is 5.20. The van der Waals surface area contributed by atoms with Crippen LogP contribution >= 0.6 is 0 Å². The van der Waals surface area contributed by atoms with Gasteiger partial charge in [0.25, 0.3) is 0 Å². The van der Waals surface area contributed by atoms with Gasteiger partial charge in [0.05, 0.1) is 11.4 Å². The number of carbonyl (C=O) groups excluding carboxylic acids is 1. The lowest BCUT2D eigenvalue weighted by Crippen LogP contribution is -2.12. The summed E-state index contributed by atoms with van der Waals surface area (Å²) in [5, 5.41) is 4.66. The molecule has 0 saturated carbocycles. The van der Waals surface area contributed by atoms with Gasteiger partial charge in [-0.25, -0.2) is 9.48 Å². The number of benzene rings is 3. The highest BCUT2D eigenvalue weighted by atomic mass is 16.5. The Morgan fingerprint density at radius 2 is 1.61 bits per heavy atom. The maximum atomic E-state index is 12.9. The molecule has 0 N–H and O–H groups in total. The summed E-state index contributed by atoms with van der Waals surface area (Å²) >= 11 is 0. The van der Waals surface area contributed by atoms with Gasteiger partial charge < -0.3 is 4.74 Å². The van der Waals surface area contributed by atoms with E-state index in [1.54, 1.807) is 10.7 Å². The Morgan fingerprint density at radius 1 is 0.893 bits per heavy atom. The minimum absolute atomic E-state index is 0.223. The van der Waals surface area contributed by atoms with E-state index >= 15 is 0 Å². The number of para-hydroxylation sites is 1. The summed E-state index contributed by atoms with van der Waals surface area (Å²) in [5.74, 6) is -0.403. The summed E-state index contributed by atoms with van der Waals surface area (Å²) in [7, 11) is 0. The van der Waals surface area contributed by atoms with E-state index in [-0.39, 0.29) is 6.61 Å². The third kappa shape index (κ3) is 3.86. The molecule has 1 aromatic heterocycles. The van der Waals surface area contributed by atoms with Gasteiger partial charge >= 0.3 is 5.97 Å². The molecule has 0 aliphatic carbocycles. The Labute approximate surface area is 164 Å². The molecule has 0 radical (unpaired) electrons. The third-order valence-electron chi connectivity index (χ3n) is 4.44. The van der Waals surface area contributed by atoms with Crippen LogP contribution < -0.4 is 0 Å². The third-order valence-corrected chi connectivity index (χ3v) is 4.44. The normalized spacial score (nSPS) is 10.6. The number of esters is 1. The molecule has 138 valence electrons. The molecule has 0 fully saturated rings. The van der Waals surface area contributed by atoms with Gasteiger partial charge in [-0.05, 0) is 30.7 Å². The minimum Gasteiger partial charge on any atom is -0.456 e. The molecule has 3 aromatic carbocycles. The average Bonchev–Trinajstić information content (AvgIpc) is 3.19. The van der Waals surface area contributed by atoms with Crippen molar-refractivity contribution in [2.75, 3.05) is 0 Å². The molecule has 0 aliphatic rings. The fraction of sp³-hybridized carbons (Fsp3) is 0.0833. The maximum Gasteiger partial charge on any atom is 0.357 e. The molecule has 0 amide bonds. The van der Waals surface area contributed by atoms with Crippen LogP contribution in [-0.4, -0.2) is 15.7 Å². The van der Waals surface area contributed by atoms with Crippen molar-refractivity contribution in [2.24, 2.45) is 0 Å². The molecule has 0 unspecified atom stereocenters. The SMILES string of the molecule is Cc1cccc(COC(=O)c2cc(-c3ccccc3)nn2-c2ccccc2)c1. The van der Waals surface area contributed by atoms with Crippen LogP contribution in [0, 0.1) is 6.92 Å². The molecule has 0 bridgehead atoms. The molecular formula is C24H20N2O2. The molecule has 0 aliphatic heterocycles. The fourth-order valence-electron chi connectivity index (χ4n) is 3.07. The number of aromatic nitrogens is 2. The van der Waals surface area contributed by atoms with Gasteiger partial charge in [-0.1, -0.05) is 78.4 Å². The number of rotatable bonds is 5. The Balaban J connectivity index is 1.66. The first-order chi connectivity index (χ1) is 13.7. The number of aryl methyl sites for hydroxylation is 1. The van der Waals surface area contributed by atoms with Crippen molar-refractivity contribution < 1.29 is 9.53 Å². The summed E-state index contributed by atoms with van der Waals surface area (Å²) in [5.41, 5.74) is 4.98. The quantitative estimate of drug-likeness (QED) is 0.455. The zero-order valence-electron chi connectivity index (χ0n) is 15.6. The summed E-state index contributed by atoms with van der Waals surface area (Å²) in [6.07, 6.45) is 0. The van der Waals surface area contributed by atoms with Gasteiger partial charge in [-0.15, -0.1) is 0 Å². The van der Waals surface area contributed by atoms with E-state index in [9.17, 15) is 4.79 Å². The number of ether oxygens (including phenoxy) is 1. The highest BCUT2D eigenvalue weighted by molar-refractivity contribution is 5.89. The zero-order chi connectivity index (χ0) is 19.3. The molecule has 4 aromatic rings. The van der Waals surface area contributed by atoms with Crippen LogP contribution in [0.15, 0.2) is 91.0 Å². The van der Waals surface area contributed by atoms with E-state index in [2.05, 4.69) is 5.10 Å². The number of carbonyl (C=O) groups is 1. The topological polar surface area (TPSA) is 44.1 Å². The Bertz CT molecular complexity index is 1090. The predicted molar refractivity (Wildman–Crippen MR) is 109 cm³/mol. The minimum atomic E-state index is -0.403. The highest BCUT2D eigenvalue weighted by Gasteiger charge is 2.19. The molecule has 0 spiro atoms. The Hall–Kier alpha value is -3.66. The van der Waals surface area contributed by atoms with Crippen molar-refractivity contribution in [2.45, 2.75) is 13.5 Å². The molecule has 1 heterocycles. The van der Waals surface area contributed by atoms with Crippen LogP contribution in [0.4, 0.5) is 0 Å². The van der Waals surface area contributed by atoms with Crippen LogP contribution in [0.5, 0.6) is 0 Å². The smallest absolute Gasteiger partial charge is 0.357 e. The summed E-state index contributed by atoms with van der Waals surface area (Å²) in [4.78, 5) is 12.9. The van der Waals surface area contributed by atoms with Crippen molar-refractivity contribution in [3.05, 3.63) is 108 Å². The highest BCUT2D eigenvalue weighted by Crippen LogP contribution is 2.22. The first-order valence-electron chi connectivity index (χ1n) is 9.14. The molecule has 4 heteroatoms. The standard InChI is InChI=1S/C24H20N2O2/c1-18-9-8-10-19(15-18)17-28-24(27)23-16-22(20-11-4-2-5-12-20)25-26(23)21-13-6-3-7-14-21/h2-16H,17H2,1H3. The van der Waals surface area contributed by atoms with Gasteiger partial charge in [0, 0.05) is 5.56 Å². The van der Waals surface area contributed by atoms with Crippen LogP contribution in [0.1, 0.15) is 21.6 Å². The Kier molecular flexibility index (Phi) is 5.02. The van der Waals surface area contributed by atoms with E-state index in [0.717, 1.165) is 28.1 Å². The van der Waals surface area contributed by atoms with Crippen molar-refractivity contribution in [1.29, 1.82) is 0 Å². The van der Waals surface area contributed by atoms with Gasteiger partial charge in [-0.3, -0.25) is 0 Å². The van der Waals surface area contributed by atoms with Crippen LogP contribution in [-0.2, 0) is 11.3 Å². The molecule has 0 atom stereocenters. The first-order valence-corrected chi connectivity index (χ1v) is 9.14. The van der Waals surface area contributed by atoms with Gasteiger partial charge in [-0.2, -0.15) is 5.10 Å². The average molecular weight is 368 g/mol. The second-order valence-corrected chi connectivity index (χ2v) is 6.59. The molecule has 4 rings (SSSR count). The van der Waals surface area contributed by atoms with E-state index < -0.39 is 5.97 Å². The van der Waals surface area contributed by atoms with Crippen LogP contribution in [0.2, 0.25) is 0 Å². The van der Waals surface area contributed by atoms with E-state index in [1.807, 2.05) is 91.9 Å². The van der Waals surface area contributed by atoms with E-state index in [0.29, 0.717) is 5.69 Å². The second-order valence-electron chi connectivity index (χ2n) is 6.59. The number of hydrogen-bond acceptors (Lipinski definition) is 3. The van der Waals surface area contributed by atoms with Gasteiger partial charge in [0.15, 0.2) is 5.69 Å². The summed E-state index contributed by atoms with van der Waals surface area (Å²) < 4.78 is 7.22.